The van der Waals surface area contributed by atoms with E-state index in [-0.39, 0.29) is 6.42 Å². The van der Waals surface area contributed by atoms with E-state index in [0.717, 1.165) is 15.7 Å². The smallest absolute Gasteiger partial charge is 0.305 e. The van der Waals surface area contributed by atoms with Gasteiger partial charge in [-0.1, -0.05) is 28.1 Å². The van der Waals surface area contributed by atoms with Crippen LogP contribution in [0.2, 0.25) is 0 Å². The number of benzene rings is 1. The number of aromatic nitrogens is 2. The van der Waals surface area contributed by atoms with Crippen LogP contribution in [0, 0.1) is 0 Å². The zero-order valence-electron chi connectivity index (χ0n) is 9.01. The lowest BCUT2D eigenvalue weighted by Gasteiger charge is -1.98. The Bertz CT molecular complexity index is 520. The number of imidazole rings is 1. The molecule has 0 saturated heterocycles. The minimum absolute atomic E-state index is 0.107. The summed E-state index contributed by atoms with van der Waals surface area (Å²) in [6.45, 7) is 0.443. The maximum atomic E-state index is 10.4. The Morgan fingerprint density at radius 3 is 2.71 bits per heavy atom. The van der Waals surface area contributed by atoms with Gasteiger partial charge in [0.15, 0.2) is 0 Å². The van der Waals surface area contributed by atoms with Gasteiger partial charge in [0.1, 0.15) is 0 Å². The van der Waals surface area contributed by atoms with Gasteiger partial charge in [-0.3, -0.25) is 4.79 Å². The molecule has 0 amide bonds. The minimum atomic E-state index is -0.802. The van der Waals surface area contributed by atoms with E-state index in [0.29, 0.717) is 6.54 Å². The molecule has 0 bridgehead atoms. The van der Waals surface area contributed by atoms with Crippen LogP contribution in [0.4, 0.5) is 0 Å². The van der Waals surface area contributed by atoms with Crippen molar-refractivity contribution in [3.8, 4) is 11.3 Å². The Hall–Kier alpha value is -1.62. The SMILES string of the molecule is O=C(O)CCn1cnc(-c2ccc(Br)cc2)c1. The molecule has 0 spiro atoms. The van der Waals surface area contributed by atoms with Crippen molar-refractivity contribution in [1.29, 1.82) is 0 Å². The topological polar surface area (TPSA) is 55.1 Å². The molecule has 5 heteroatoms. The Morgan fingerprint density at radius 1 is 1.35 bits per heavy atom. The average Bonchev–Trinajstić information content (AvgIpc) is 2.76. The summed E-state index contributed by atoms with van der Waals surface area (Å²) in [7, 11) is 0. The summed E-state index contributed by atoms with van der Waals surface area (Å²) < 4.78 is 2.80. The van der Waals surface area contributed by atoms with Gasteiger partial charge in [-0.25, -0.2) is 4.98 Å². The molecule has 0 saturated carbocycles. The molecule has 17 heavy (non-hydrogen) atoms. The lowest BCUT2D eigenvalue weighted by atomic mass is 10.2. The molecule has 88 valence electrons. The number of rotatable bonds is 4. The summed E-state index contributed by atoms with van der Waals surface area (Å²) >= 11 is 3.37. The van der Waals surface area contributed by atoms with Crippen molar-refractivity contribution in [3.63, 3.8) is 0 Å². The Labute approximate surface area is 107 Å². The summed E-state index contributed by atoms with van der Waals surface area (Å²) in [5.41, 5.74) is 1.87. The standard InChI is InChI=1S/C12H11BrN2O2/c13-10-3-1-9(2-4-10)11-7-15(8-14-11)6-5-12(16)17/h1-4,7-8H,5-6H2,(H,16,17). The Balaban J connectivity index is 2.12. The van der Waals surface area contributed by atoms with Crippen LogP contribution in [0.3, 0.4) is 0 Å². The number of hydrogen-bond donors (Lipinski definition) is 1. The van der Waals surface area contributed by atoms with Crippen molar-refractivity contribution in [2.75, 3.05) is 0 Å². The van der Waals surface area contributed by atoms with Crippen molar-refractivity contribution < 1.29 is 9.90 Å². The first kappa shape index (κ1) is 11.9. The van der Waals surface area contributed by atoms with E-state index < -0.39 is 5.97 Å². The largest absolute Gasteiger partial charge is 0.481 e. The molecule has 0 aliphatic rings. The van der Waals surface area contributed by atoms with E-state index in [9.17, 15) is 4.79 Å². The number of halogens is 1. The van der Waals surface area contributed by atoms with Crippen LogP contribution in [0.15, 0.2) is 41.3 Å². The van der Waals surface area contributed by atoms with Gasteiger partial charge >= 0.3 is 5.97 Å². The monoisotopic (exact) mass is 294 g/mol. The van der Waals surface area contributed by atoms with E-state index in [1.54, 1.807) is 10.9 Å². The van der Waals surface area contributed by atoms with Gasteiger partial charge in [0.05, 0.1) is 18.4 Å². The number of nitrogens with zero attached hydrogens (tertiary/aromatic N) is 2. The molecule has 1 N–H and O–H groups in total. The Kier molecular flexibility index (Phi) is 3.58. The van der Waals surface area contributed by atoms with Crippen molar-refractivity contribution in [2.45, 2.75) is 13.0 Å². The average molecular weight is 295 g/mol. The predicted molar refractivity (Wildman–Crippen MR) is 67.6 cm³/mol. The third-order valence-corrected chi connectivity index (χ3v) is 2.89. The van der Waals surface area contributed by atoms with E-state index in [2.05, 4.69) is 20.9 Å². The van der Waals surface area contributed by atoms with Crippen LogP contribution in [-0.4, -0.2) is 20.6 Å². The second-order valence-corrected chi connectivity index (χ2v) is 4.56. The molecule has 2 rings (SSSR count). The zero-order valence-corrected chi connectivity index (χ0v) is 10.6. The lowest BCUT2D eigenvalue weighted by Crippen LogP contribution is -2.02. The highest BCUT2D eigenvalue weighted by molar-refractivity contribution is 9.10. The highest BCUT2D eigenvalue weighted by atomic mass is 79.9. The minimum Gasteiger partial charge on any atom is -0.481 e. The first-order chi connectivity index (χ1) is 8.15. The van der Waals surface area contributed by atoms with Crippen molar-refractivity contribution in [1.82, 2.24) is 9.55 Å². The number of carboxylic acid groups (broad SMARTS) is 1. The van der Waals surface area contributed by atoms with Crippen molar-refractivity contribution in [3.05, 3.63) is 41.3 Å². The maximum absolute atomic E-state index is 10.4. The fourth-order valence-electron chi connectivity index (χ4n) is 1.48. The zero-order chi connectivity index (χ0) is 12.3. The quantitative estimate of drug-likeness (QED) is 0.943. The Morgan fingerprint density at radius 2 is 2.06 bits per heavy atom. The molecule has 4 nitrogen and oxygen atoms in total. The second kappa shape index (κ2) is 5.14. The van der Waals surface area contributed by atoms with Crippen LogP contribution < -0.4 is 0 Å². The fourth-order valence-corrected chi connectivity index (χ4v) is 1.74. The third kappa shape index (κ3) is 3.17. The van der Waals surface area contributed by atoms with Gasteiger partial charge < -0.3 is 9.67 Å². The lowest BCUT2D eigenvalue weighted by molar-refractivity contribution is -0.137. The van der Waals surface area contributed by atoms with Crippen LogP contribution >= 0.6 is 15.9 Å². The van der Waals surface area contributed by atoms with E-state index in [1.807, 2.05) is 30.5 Å². The molecule has 0 unspecified atom stereocenters. The molecular formula is C12H11BrN2O2. The molecule has 0 atom stereocenters. The number of aryl methyl sites for hydroxylation is 1. The third-order valence-electron chi connectivity index (χ3n) is 2.36. The van der Waals surface area contributed by atoms with Gasteiger partial charge in [-0.2, -0.15) is 0 Å². The number of hydrogen-bond acceptors (Lipinski definition) is 2. The van der Waals surface area contributed by atoms with Gasteiger partial charge in [-0.05, 0) is 12.1 Å². The predicted octanol–water partition coefficient (Wildman–Crippen LogP) is 2.79. The van der Waals surface area contributed by atoms with E-state index in [4.69, 9.17) is 5.11 Å². The van der Waals surface area contributed by atoms with Gasteiger partial charge in [0, 0.05) is 22.8 Å². The normalized spacial score (nSPS) is 10.4. The summed E-state index contributed by atoms with van der Waals surface area (Å²) in [5, 5.41) is 8.59. The molecule has 1 aromatic carbocycles. The van der Waals surface area contributed by atoms with Crippen LogP contribution in [-0.2, 0) is 11.3 Å². The second-order valence-electron chi connectivity index (χ2n) is 3.65. The molecule has 0 fully saturated rings. The summed E-state index contributed by atoms with van der Waals surface area (Å²) in [6, 6.07) is 7.83. The maximum Gasteiger partial charge on any atom is 0.305 e. The van der Waals surface area contributed by atoms with E-state index >= 15 is 0 Å². The van der Waals surface area contributed by atoms with Crippen LogP contribution in [0.25, 0.3) is 11.3 Å². The number of carboxylic acids is 1. The fraction of sp³-hybridized carbons (Fsp3) is 0.167. The molecule has 0 aliphatic heterocycles. The van der Waals surface area contributed by atoms with E-state index in [1.165, 1.54) is 0 Å². The molecular weight excluding hydrogens is 284 g/mol. The highest BCUT2D eigenvalue weighted by Gasteiger charge is 2.03. The summed E-state index contributed by atoms with van der Waals surface area (Å²) in [5.74, 6) is -0.802. The highest BCUT2D eigenvalue weighted by Crippen LogP contribution is 2.19. The molecule has 0 aliphatic carbocycles. The summed E-state index contributed by atoms with van der Waals surface area (Å²) in [4.78, 5) is 14.7. The molecule has 1 aromatic heterocycles. The van der Waals surface area contributed by atoms with Gasteiger partial charge in [-0.15, -0.1) is 0 Å². The van der Waals surface area contributed by atoms with Crippen LogP contribution in [0.5, 0.6) is 0 Å². The first-order valence-electron chi connectivity index (χ1n) is 5.14. The first-order valence-corrected chi connectivity index (χ1v) is 5.94. The summed E-state index contributed by atoms with van der Waals surface area (Å²) in [6.07, 6.45) is 3.61. The number of carbonyl (C=O) groups is 1. The van der Waals surface area contributed by atoms with Gasteiger partial charge in [0.2, 0.25) is 0 Å². The molecule has 2 aromatic rings. The van der Waals surface area contributed by atoms with Gasteiger partial charge in [0.25, 0.3) is 0 Å². The number of aliphatic carboxylic acids is 1. The van der Waals surface area contributed by atoms with Crippen molar-refractivity contribution >= 4 is 21.9 Å². The molecule has 1 heterocycles. The molecule has 0 radical (unpaired) electrons. The van der Waals surface area contributed by atoms with Crippen LogP contribution in [0.1, 0.15) is 6.42 Å². The van der Waals surface area contributed by atoms with Crippen molar-refractivity contribution in [2.24, 2.45) is 0 Å².